The molecule has 1 aromatic carbocycles. The third kappa shape index (κ3) is 4.59. The predicted molar refractivity (Wildman–Crippen MR) is 109 cm³/mol. The summed E-state index contributed by atoms with van der Waals surface area (Å²) in [6, 6.07) is 8.66. The molecular formula is C18H29IN4. The van der Waals surface area contributed by atoms with Gasteiger partial charge >= 0.3 is 0 Å². The molecule has 5 heteroatoms. The van der Waals surface area contributed by atoms with E-state index in [0.717, 1.165) is 31.4 Å². The molecule has 128 valence electrons. The molecule has 1 aromatic rings. The summed E-state index contributed by atoms with van der Waals surface area (Å²) in [5, 5.41) is 3.57. The van der Waals surface area contributed by atoms with Crippen LogP contribution in [0.1, 0.15) is 24.8 Å². The van der Waals surface area contributed by atoms with Crippen molar-refractivity contribution in [3.05, 3.63) is 29.8 Å². The fraction of sp³-hybridized carbons (Fsp3) is 0.611. The number of halogens is 1. The number of anilines is 1. The molecule has 1 N–H and O–H groups in total. The minimum Gasteiger partial charge on any atom is -0.356 e. The van der Waals surface area contributed by atoms with Crippen LogP contribution in [0.5, 0.6) is 0 Å². The van der Waals surface area contributed by atoms with Crippen molar-refractivity contribution in [2.45, 2.75) is 25.7 Å². The summed E-state index contributed by atoms with van der Waals surface area (Å²) in [6.45, 7) is 4.56. The summed E-state index contributed by atoms with van der Waals surface area (Å²) >= 11 is 0. The summed E-state index contributed by atoms with van der Waals surface area (Å²) in [6.07, 6.45) is 5.04. The Hall–Kier alpha value is -0.820. The second-order valence-electron chi connectivity index (χ2n) is 6.54. The summed E-state index contributed by atoms with van der Waals surface area (Å²) in [4.78, 5) is 9.24. The number of piperidine rings is 1. The van der Waals surface area contributed by atoms with E-state index in [1.54, 1.807) is 0 Å². The molecule has 0 spiro atoms. The largest absolute Gasteiger partial charge is 0.356 e. The van der Waals surface area contributed by atoms with Gasteiger partial charge in [-0.05, 0) is 63.4 Å². The molecule has 0 atom stereocenters. The quantitative estimate of drug-likeness (QED) is 0.456. The number of nitrogens with zero attached hydrogens (tertiary/aromatic N) is 3. The number of aliphatic imine (C=N–C) groups is 1. The molecule has 0 amide bonds. The molecule has 2 aliphatic heterocycles. The number of rotatable bonds is 3. The minimum atomic E-state index is 0. The van der Waals surface area contributed by atoms with Crippen LogP contribution < -0.4 is 10.2 Å². The molecule has 2 aliphatic rings. The molecular weight excluding hydrogens is 399 g/mol. The lowest BCUT2D eigenvalue weighted by Crippen LogP contribution is -2.41. The van der Waals surface area contributed by atoms with Crippen molar-refractivity contribution in [2.24, 2.45) is 10.9 Å². The smallest absolute Gasteiger partial charge is 0.198 e. The van der Waals surface area contributed by atoms with Gasteiger partial charge in [-0.2, -0.15) is 0 Å². The number of likely N-dealkylation sites (tertiary alicyclic amines) is 1. The molecule has 0 aliphatic carbocycles. The fourth-order valence-corrected chi connectivity index (χ4v) is 3.59. The highest BCUT2D eigenvalue weighted by Gasteiger charge is 2.22. The van der Waals surface area contributed by atoms with Crippen molar-refractivity contribution in [3.8, 4) is 0 Å². The second kappa shape index (κ2) is 8.87. The molecule has 0 bridgehead atoms. The zero-order valence-electron chi connectivity index (χ0n) is 14.3. The van der Waals surface area contributed by atoms with Gasteiger partial charge in [0.25, 0.3) is 0 Å². The van der Waals surface area contributed by atoms with Crippen LogP contribution in [0.3, 0.4) is 0 Å². The van der Waals surface area contributed by atoms with Gasteiger partial charge in [0.05, 0.1) is 0 Å². The molecule has 23 heavy (non-hydrogen) atoms. The molecule has 4 nitrogen and oxygen atoms in total. The number of fused-ring (bicyclic) bond motifs is 1. The Morgan fingerprint density at radius 1 is 1.22 bits per heavy atom. The first-order valence-electron chi connectivity index (χ1n) is 8.52. The topological polar surface area (TPSA) is 30.9 Å². The van der Waals surface area contributed by atoms with Gasteiger partial charge in [0.15, 0.2) is 5.96 Å². The first-order valence-corrected chi connectivity index (χ1v) is 8.52. The van der Waals surface area contributed by atoms with Crippen LogP contribution in [0.4, 0.5) is 5.69 Å². The van der Waals surface area contributed by atoms with Gasteiger partial charge in [0, 0.05) is 25.8 Å². The lowest BCUT2D eigenvalue weighted by atomic mass is 9.94. The van der Waals surface area contributed by atoms with Crippen LogP contribution in [0.25, 0.3) is 0 Å². The number of hydrogen-bond acceptors (Lipinski definition) is 2. The molecule has 0 radical (unpaired) electrons. The third-order valence-corrected chi connectivity index (χ3v) is 5.03. The van der Waals surface area contributed by atoms with E-state index in [1.165, 1.54) is 43.6 Å². The van der Waals surface area contributed by atoms with Gasteiger partial charge < -0.3 is 15.1 Å². The SMILES string of the molecule is CN=C(NCCC1CCN(C)CC1)N1CCc2ccccc21.I. The van der Waals surface area contributed by atoms with E-state index in [0.29, 0.717) is 0 Å². The Bertz CT molecular complexity index is 524. The first-order chi connectivity index (χ1) is 10.8. The van der Waals surface area contributed by atoms with Crippen LogP contribution in [0.2, 0.25) is 0 Å². The maximum Gasteiger partial charge on any atom is 0.198 e. The van der Waals surface area contributed by atoms with Gasteiger partial charge in [0.1, 0.15) is 0 Å². The lowest BCUT2D eigenvalue weighted by Gasteiger charge is -2.29. The fourth-order valence-electron chi connectivity index (χ4n) is 3.59. The average molecular weight is 428 g/mol. The second-order valence-corrected chi connectivity index (χ2v) is 6.54. The van der Waals surface area contributed by atoms with Crippen LogP contribution in [0, 0.1) is 5.92 Å². The van der Waals surface area contributed by atoms with E-state index in [2.05, 4.69) is 51.4 Å². The van der Waals surface area contributed by atoms with E-state index in [1.807, 2.05) is 7.05 Å². The van der Waals surface area contributed by atoms with Gasteiger partial charge in [-0.1, -0.05) is 18.2 Å². The van der Waals surface area contributed by atoms with Crippen molar-refractivity contribution in [1.82, 2.24) is 10.2 Å². The summed E-state index contributed by atoms with van der Waals surface area (Å²) < 4.78 is 0. The Morgan fingerprint density at radius 3 is 2.70 bits per heavy atom. The molecule has 0 aromatic heterocycles. The average Bonchev–Trinajstić information content (AvgIpc) is 2.97. The molecule has 2 heterocycles. The molecule has 0 unspecified atom stereocenters. The number of benzene rings is 1. The highest BCUT2D eigenvalue weighted by Crippen LogP contribution is 2.27. The number of nitrogens with one attached hydrogen (secondary N) is 1. The van der Waals surface area contributed by atoms with E-state index in [-0.39, 0.29) is 24.0 Å². The standard InChI is InChI=1S/C18H28N4.HI/c1-19-18(20-11-7-15-8-12-21(2)13-9-15)22-14-10-16-5-3-4-6-17(16)22;/h3-6,15H,7-14H2,1-2H3,(H,19,20);1H. The zero-order chi connectivity index (χ0) is 15.4. The number of hydrogen-bond donors (Lipinski definition) is 1. The van der Waals surface area contributed by atoms with Gasteiger partial charge in [-0.15, -0.1) is 24.0 Å². The predicted octanol–water partition coefficient (Wildman–Crippen LogP) is 2.97. The maximum absolute atomic E-state index is 4.49. The number of guanidine groups is 1. The minimum absolute atomic E-state index is 0. The van der Waals surface area contributed by atoms with Crippen LogP contribution in [-0.4, -0.2) is 51.1 Å². The Labute approximate surface area is 157 Å². The number of para-hydroxylation sites is 1. The van der Waals surface area contributed by atoms with Gasteiger partial charge in [-0.3, -0.25) is 4.99 Å². The molecule has 1 fully saturated rings. The maximum atomic E-state index is 4.49. The Balaban J connectivity index is 0.00000192. The van der Waals surface area contributed by atoms with E-state index in [4.69, 9.17) is 0 Å². The van der Waals surface area contributed by atoms with Crippen molar-refractivity contribution >= 4 is 35.6 Å². The van der Waals surface area contributed by atoms with Crippen LogP contribution in [-0.2, 0) is 6.42 Å². The van der Waals surface area contributed by atoms with E-state index in [9.17, 15) is 0 Å². The normalized spacial score (nSPS) is 19.4. The van der Waals surface area contributed by atoms with Crippen molar-refractivity contribution in [2.75, 3.05) is 45.2 Å². The van der Waals surface area contributed by atoms with Crippen LogP contribution in [0.15, 0.2) is 29.3 Å². The molecule has 3 rings (SSSR count). The lowest BCUT2D eigenvalue weighted by molar-refractivity contribution is 0.213. The van der Waals surface area contributed by atoms with E-state index < -0.39 is 0 Å². The van der Waals surface area contributed by atoms with Crippen molar-refractivity contribution < 1.29 is 0 Å². The molecule has 1 saturated heterocycles. The van der Waals surface area contributed by atoms with E-state index >= 15 is 0 Å². The van der Waals surface area contributed by atoms with Gasteiger partial charge in [-0.25, -0.2) is 0 Å². The molecule has 0 saturated carbocycles. The highest BCUT2D eigenvalue weighted by atomic mass is 127. The highest BCUT2D eigenvalue weighted by molar-refractivity contribution is 14.0. The van der Waals surface area contributed by atoms with Gasteiger partial charge in [0.2, 0.25) is 0 Å². The Morgan fingerprint density at radius 2 is 1.96 bits per heavy atom. The van der Waals surface area contributed by atoms with Crippen LogP contribution >= 0.6 is 24.0 Å². The van der Waals surface area contributed by atoms with Crippen molar-refractivity contribution in [3.63, 3.8) is 0 Å². The first kappa shape index (κ1) is 18.5. The summed E-state index contributed by atoms with van der Waals surface area (Å²) in [7, 11) is 4.11. The monoisotopic (exact) mass is 428 g/mol. The summed E-state index contributed by atoms with van der Waals surface area (Å²) in [5.41, 5.74) is 2.75. The summed E-state index contributed by atoms with van der Waals surface area (Å²) in [5.74, 6) is 1.89. The Kier molecular flexibility index (Phi) is 7.14. The third-order valence-electron chi connectivity index (χ3n) is 5.03. The van der Waals surface area contributed by atoms with Crippen molar-refractivity contribution in [1.29, 1.82) is 0 Å². The zero-order valence-corrected chi connectivity index (χ0v) is 16.6.